The second-order valence-electron chi connectivity index (χ2n) is 7.52. The van der Waals surface area contributed by atoms with Crippen LogP contribution in [0.2, 0.25) is 0 Å². The van der Waals surface area contributed by atoms with Crippen LogP contribution in [0.3, 0.4) is 0 Å². The highest BCUT2D eigenvalue weighted by molar-refractivity contribution is 6.05. The van der Waals surface area contributed by atoms with Crippen molar-refractivity contribution in [3.05, 3.63) is 54.1 Å². The van der Waals surface area contributed by atoms with Crippen molar-refractivity contribution in [3.63, 3.8) is 0 Å². The van der Waals surface area contributed by atoms with Crippen molar-refractivity contribution in [3.8, 4) is 11.5 Å². The minimum atomic E-state index is -1.26. The molecule has 1 saturated carbocycles. The molecule has 7 nitrogen and oxygen atoms in total. The van der Waals surface area contributed by atoms with E-state index >= 15 is 0 Å². The number of ether oxygens (including phenoxy) is 1. The highest BCUT2D eigenvalue weighted by Gasteiger charge is 2.29. The van der Waals surface area contributed by atoms with Gasteiger partial charge in [-0.05, 0) is 42.7 Å². The van der Waals surface area contributed by atoms with Crippen molar-refractivity contribution in [1.29, 1.82) is 0 Å². The average Bonchev–Trinajstić information content (AvgIpc) is 3.20. The summed E-state index contributed by atoms with van der Waals surface area (Å²) in [5.74, 6) is -2.85. The Balaban J connectivity index is 1.55. The summed E-state index contributed by atoms with van der Waals surface area (Å²) in [7, 11) is 0. The molecule has 4 rings (SSSR count). The van der Waals surface area contributed by atoms with E-state index in [4.69, 9.17) is 10.5 Å². The van der Waals surface area contributed by atoms with Crippen molar-refractivity contribution in [2.45, 2.75) is 44.1 Å². The zero-order chi connectivity index (χ0) is 21.1. The SMILES string of the molecule is NC(=O)C(C(=O)NC1CCCCC1)c1ccc(Oc2ccnc3[nH]ccc23)c(F)c1. The van der Waals surface area contributed by atoms with Gasteiger partial charge in [0.05, 0.1) is 5.39 Å². The number of pyridine rings is 1. The number of hydrogen-bond donors (Lipinski definition) is 3. The van der Waals surface area contributed by atoms with Gasteiger partial charge in [0.1, 0.15) is 17.3 Å². The summed E-state index contributed by atoms with van der Waals surface area (Å²) in [6.45, 7) is 0. The van der Waals surface area contributed by atoms with Crippen molar-refractivity contribution >= 4 is 22.8 Å². The second kappa shape index (κ2) is 8.52. The maximum Gasteiger partial charge on any atom is 0.237 e. The summed E-state index contributed by atoms with van der Waals surface area (Å²) in [5.41, 5.74) is 6.29. The zero-order valence-electron chi connectivity index (χ0n) is 16.4. The molecule has 2 amide bonds. The Morgan fingerprint density at radius 2 is 1.97 bits per heavy atom. The molecule has 0 saturated heterocycles. The summed E-state index contributed by atoms with van der Waals surface area (Å²) in [6, 6.07) is 7.45. The van der Waals surface area contributed by atoms with Crippen LogP contribution in [0.15, 0.2) is 42.7 Å². The fraction of sp³-hybridized carbons (Fsp3) is 0.318. The molecule has 1 aliphatic rings. The van der Waals surface area contributed by atoms with Crippen LogP contribution in [0.25, 0.3) is 11.0 Å². The molecule has 0 spiro atoms. The molecule has 0 radical (unpaired) electrons. The molecule has 1 atom stereocenters. The number of hydrogen-bond acceptors (Lipinski definition) is 4. The van der Waals surface area contributed by atoms with E-state index in [0.717, 1.165) is 38.2 Å². The van der Waals surface area contributed by atoms with Gasteiger partial charge < -0.3 is 20.8 Å². The molecule has 3 aromatic rings. The number of aromatic amines is 1. The summed E-state index contributed by atoms with van der Waals surface area (Å²) in [4.78, 5) is 31.8. The molecule has 2 heterocycles. The highest BCUT2D eigenvalue weighted by atomic mass is 19.1. The van der Waals surface area contributed by atoms with Crippen LogP contribution in [0.5, 0.6) is 11.5 Å². The average molecular weight is 410 g/mol. The number of H-pyrrole nitrogens is 1. The van der Waals surface area contributed by atoms with Gasteiger partial charge in [-0.25, -0.2) is 9.37 Å². The number of benzene rings is 1. The van der Waals surface area contributed by atoms with Gasteiger partial charge in [-0.2, -0.15) is 0 Å². The number of carbonyl (C=O) groups is 2. The Bertz CT molecular complexity index is 1080. The lowest BCUT2D eigenvalue weighted by molar-refractivity contribution is -0.130. The van der Waals surface area contributed by atoms with Crippen LogP contribution in [0, 0.1) is 5.82 Å². The van der Waals surface area contributed by atoms with Crippen molar-refractivity contribution in [1.82, 2.24) is 15.3 Å². The van der Waals surface area contributed by atoms with Crippen LogP contribution in [0.4, 0.5) is 4.39 Å². The number of nitrogens with two attached hydrogens (primary N) is 1. The van der Waals surface area contributed by atoms with Crippen LogP contribution in [-0.2, 0) is 9.59 Å². The van der Waals surface area contributed by atoms with Gasteiger partial charge in [-0.15, -0.1) is 0 Å². The number of amides is 2. The summed E-state index contributed by atoms with van der Waals surface area (Å²) >= 11 is 0. The largest absolute Gasteiger partial charge is 0.453 e. The molecule has 1 aromatic carbocycles. The van der Waals surface area contributed by atoms with E-state index in [-0.39, 0.29) is 17.4 Å². The zero-order valence-corrected chi connectivity index (χ0v) is 16.4. The number of rotatable bonds is 6. The second-order valence-corrected chi connectivity index (χ2v) is 7.52. The van der Waals surface area contributed by atoms with Crippen LogP contribution in [-0.4, -0.2) is 27.8 Å². The van der Waals surface area contributed by atoms with Gasteiger partial charge in [0, 0.05) is 18.4 Å². The molecule has 1 fully saturated rings. The molecular formula is C22H23FN4O3. The molecule has 0 aliphatic heterocycles. The number of carbonyl (C=O) groups excluding carboxylic acids is 2. The summed E-state index contributed by atoms with van der Waals surface area (Å²) < 4.78 is 20.5. The molecule has 156 valence electrons. The van der Waals surface area contributed by atoms with E-state index < -0.39 is 23.5 Å². The Kier molecular flexibility index (Phi) is 5.65. The lowest BCUT2D eigenvalue weighted by atomic mass is 9.93. The van der Waals surface area contributed by atoms with Crippen molar-refractivity contribution in [2.75, 3.05) is 0 Å². The van der Waals surface area contributed by atoms with Gasteiger partial charge in [0.2, 0.25) is 11.8 Å². The fourth-order valence-corrected chi connectivity index (χ4v) is 3.90. The molecule has 4 N–H and O–H groups in total. The van der Waals surface area contributed by atoms with Crippen LogP contribution < -0.4 is 15.8 Å². The molecule has 1 unspecified atom stereocenters. The topological polar surface area (TPSA) is 110 Å². The normalized spacial score (nSPS) is 15.6. The third kappa shape index (κ3) is 4.12. The van der Waals surface area contributed by atoms with Crippen molar-refractivity contribution < 1.29 is 18.7 Å². The van der Waals surface area contributed by atoms with E-state index in [1.54, 1.807) is 24.5 Å². The minimum absolute atomic E-state index is 0.0241. The summed E-state index contributed by atoms with van der Waals surface area (Å²) in [6.07, 6.45) is 8.23. The third-order valence-corrected chi connectivity index (χ3v) is 5.43. The standard InChI is InChI=1S/C22H23FN4O3/c23-16-12-13(19(20(24)28)22(29)27-14-4-2-1-3-5-14)6-7-18(16)30-17-9-11-26-21-15(17)8-10-25-21/h6-12,14,19H,1-5H2,(H2,24,28)(H,25,26)(H,27,29). The lowest BCUT2D eigenvalue weighted by Crippen LogP contribution is -2.43. The Labute approximate surface area is 172 Å². The number of nitrogens with zero attached hydrogens (tertiary/aromatic N) is 1. The predicted molar refractivity (Wildman–Crippen MR) is 110 cm³/mol. The van der Waals surface area contributed by atoms with E-state index in [1.807, 2.05) is 0 Å². The Hall–Kier alpha value is -3.42. The third-order valence-electron chi connectivity index (χ3n) is 5.43. The Morgan fingerprint density at radius 3 is 2.70 bits per heavy atom. The highest BCUT2D eigenvalue weighted by Crippen LogP contribution is 2.31. The molecule has 2 aromatic heterocycles. The molecule has 30 heavy (non-hydrogen) atoms. The first-order valence-electron chi connectivity index (χ1n) is 10.0. The van der Waals surface area contributed by atoms with Crippen LogP contribution in [0.1, 0.15) is 43.6 Å². The first-order valence-corrected chi connectivity index (χ1v) is 10.0. The fourth-order valence-electron chi connectivity index (χ4n) is 3.90. The maximum absolute atomic E-state index is 14.8. The van der Waals surface area contributed by atoms with Gasteiger partial charge in [-0.1, -0.05) is 25.3 Å². The smallest absolute Gasteiger partial charge is 0.237 e. The molecule has 8 heteroatoms. The predicted octanol–water partition coefficient (Wildman–Crippen LogP) is 3.51. The number of aromatic nitrogens is 2. The van der Waals surface area contributed by atoms with Gasteiger partial charge in [-0.3, -0.25) is 9.59 Å². The van der Waals surface area contributed by atoms with E-state index in [9.17, 15) is 14.0 Å². The summed E-state index contributed by atoms with van der Waals surface area (Å²) in [5, 5.41) is 3.60. The first kappa shape index (κ1) is 19.9. The van der Waals surface area contributed by atoms with Gasteiger partial charge in [0.15, 0.2) is 11.6 Å². The molecule has 0 bridgehead atoms. The Morgan fingerprint density at radius 1 is 1.17 bits per heavy atom. The lowest BCUT2D eigenvalue weighted by Gasteiger charge is -2.25. The minimum Gasteiger partial charge on any atom is -0.453 e. The molecule has 1 aliphatic carbocycles. The molecular weight excluding hydrogens is 387 g/mol. The van der Waals surface area contributed by atoms with Crippen molar-refractivity contribution in [2.24, 2.45) is 5.73 Å². The maximum atomic E-state index is 14.8. The van der Waals surface area contributed by atoms with E-state index in [0.29, 0.717) is 16.8 Å². The number of nitrogens with one attached hydrogen (secondary N) is 2. The van der Waals surface area contributed by atoms with Crippen LogP contribution >= 0.6 is 0 Å². The van der Waals surface area contributed by atoms with Gasteiger partial charge >= 0.3 is 0 Å². The first-order chi connectivity index (χ1) is 14.5. The number of primary amides is 1. The monoisotopic (exact) mass is 410 g/mol. The van der Waals surface area contributed by atoms with E-state index in [2.05, 4.69) is 15.3 Å². The quantitative estimate of drug-likeness (QED) is 0.540. The number of fused-ring (bicyclic) bond motifs is 1. The van der Waals surface area contributed by atoms with E-state index in [1.165, 1.54) is 12.1 Å². The number of halogens is 1. The van der Waals surface area contributed by atoms with Gasteiger partial charge in [0.25, 0.3) is 0 Å².